The van der Waals surface area contributed by atoms with Crippen molar-refractivity contribution in [2.45, 2.75) is 37.6 Å². The molecule has 1 aromatic carbocycles. The fraction of sp³-hybridized carbons (Fsp3) is 0.611. The first kappa shape index (κ1) is 20.7. The van der Waals surface area contributed by atoms with Gasteiger partial charge in [-0.25, -0.2) is 8.42 Å². The van der Waals surface area contributed by atoms with Gasteiger partial charge in [-0.2, -0.15) is 4.31 Å². The van der Waals surface area contributed by atoms with E-state index in [1.165, 1.54) is 4.31 Å². The zero-order valence-electron chi connectivity index (χ0n) is 15.8. The van der Waals surface area contributed by atoms with Crippen LogP contribution in [-0.4, -0.2) is 58.6 Å². The number of benzene rings is 1. The first-order chi connectivity index (χ1) is 12.3. The molecule has 1 N–H and O–H groups in total. The Morgan fingerprint density at radius 2 is 1.96 bits per heavy atom. The van der Waals surface area contributed by atoms with Gasteiger partial charge in [-0.1, -0.05) is 0 Å². The van der Waals surface area contributed by atoms with Gasteiger partial charge in [0.2, 0.25) is 15.9 Å². The molecule has 8 heteroatoms. The summed E-state index contributed by atoms with van der Waals surface area (Å²) in [5.74, 6) is 0.453. The summed E-state index contributed by atoms with van der Waals surface area (Å²) < 4.78 is 37.4. The van der Waals surface area contributed by atoms with Crippen molar-refractivity contribution < 1.29 is 22.7 Å². The fourth-order valence-corrected chi connectivity index (χ4v) is 4.73. The van der Waals surface area contributed by atoms with Crippen LogP contribution in [0.5, 0.6) is 5.75 Å². The van der Waals surface area contributed by atoms with E-state index in [1.54, 1.807) is 32.4 Å². The third kappa shape index (κ3) is 4.75. The Balaban J connectivity index is 2.00. The van der Waals surface area contributed by atoms with Gasteiger partial charge in [0.1, 0.15) is 5.75 Å². The number of carbonyl (C=O) groups excluding carboxylic acids is 1. The number of nitrogens with one attached hydrogen (secondary N) is 1. The number of ether oxygens (including phenoxy) is 2. The molecule has 0 aromatic heterocycles. The van der Waals surface area contributed by atoms with Crippen LogP contribution in [0.25, 0.3) is 0 Å². The van der Waals surface area contributed by atoms with Crippen molar-refractivity contribution in [1.82, 2.24) is 9.62 Å². The number of piperidine rings is 1. The number of aryl methyl sites for hydroxylation is 1. The Labute approximate surface area is 155 Å². The van der Waals surface area contributed by atoms with Crippen LogP contribution in [0, 0.1) is 12.8 Å². The monoisotopic (exact) mass is 384 g/mol. The first-order valence-corrected chi connectivity index (χ1v) is 10.2. The first-order valence-electron chi connectivity index (χ1n) is 8.73. The van der Waals surface area contributed by atoms with E-state index in [-0.39, 0.29) is 22.8 Å². The second kappa shape index (κ2) is 8.83. The smallest absolute Gasteiger partial charge is 0.243 e. The zero-order valence-corrected chi connectivity index (χ0v) is 16.6. The normalized spacial score (nSPS) is 17.7. The summed E-state index contributed by atoms with van der Waals surface area (Å²) >= 11 is 0. The molecule has 1 amide bonds. The Morgan fingerprint density at radius 1 is 1.31 bits per heavy atom. The molecule has 0 radical (unpaired) electrons. The molecular weight excluding hydrogens is 356 g/mol. The fourth-order valence-electron chi connectivity index (χ4n) is 3.17. The molecule has 1 atom stereocenters. The van der Waals surface area contributed by atoms with E-state index in [0.717, 1.165) is 5.56 Å². The van der Waals surface area contributed by atoms with E-state index in [0.29, 0.717) is 38.3 Å². The Hall–Kier alpha value is -1.64. The van der Waals surface area contributed by atoms with Crippen molar-refractivity contribution in [2.75, 3.05) is 33.9 Å². The highest BCUT2D eigenvalue weighted by Crippen LogP contribution is 2.27. The molecule has 1 aliphatic heterocycles. The molecule has 1 saturated heterocycles. The molecule has 1 fully saturated rings. The van der Waals surface area contributed by atoms with Crippen molar-refractivity contribution in [3.63, 3.8) is 0 Å². The number of amides is 1. The van der Waals surface area contributed by atoms with E-state index < -0.39 is 10.0 Å². The Morgan fingerprint density at radius 3 is 2.50 bits per heavy atom. The van der Waals surface area contributed by atoms with Crippen LogP contribution >= 0.6 is 0 Å². The lowest BCUT2D eigenvalue weighted by molar-refractivity contribution is -0.127. The predicted molar refractivity (Wildman–Crippen MR) is 98.7 cm³/mol. The van der Waals surface area contributed by atoms with Crippen LogP contribution in [0.15, 0.2) is 23.1 Å². The molecule has 2 rings (SSSR count). The molecule has 1 aromatic rings. The van der Waals surface area contributed by atoms with Crippen molar-refractivity contribution in [1.29, 1.82) is 0 Å². The summed E-state index contributed by atoms with van der Waals surface area (Å²) in [5.41, 5.74) is 0.773. The maximum absolute atomic E-state index is 12.8. The van der Waals surface area contributed by atoms with Gasteiger partial charge in [0.05, 0.1) is 18.6 Å². The third-order valence-corrected chi connectivity index (χ3v) is 6.53. The number of methoxy groups -OCH3 is 2. The van der Waals surface area contributed by atoms with E-state index in [9.17, 15) is 13.2 Å². The number of hydrogen-bond acceptors (Lipinski definition) is 5. The quantitative estimate of drug-likeness (QED) is 0.771. The van der Waals surface area contributed by atoms with Gasteiger partial charge in [-0.15, -0.1) is 0 Å². The topological polar surface area (TPSA) is 84.9 Å². The molecule has 1 heterocycles. The van der Waals surface area contributed by atoms with Crippen LogP contribution in [0.4, 0.5) is 0 Å². The lowest BCUT2D eigenvalue weighted by Gasteiger charge is -2.31. The van der Waals surface area contributed by atoms with Crippen LogP contribution in [0.1, 0.15) is 25.3 Å². The van der Waals surface area contributed by atoms with Crippen LogP contribution in [0.2, 0.25) is 0 Å². The lowest BCUT2D eigenvalue weighted by Crippen LogP contribution is -2.45. The van der Waals surface area contributed by atoms with Crippen LogP contribution in [0.3, 0.4) is 0 Å². The third-order valence-electron chi connectivity index (χ3n) is 4.63. The highest BCUT2D eigenvalue weighted by atomic mass is 32.2. The minimum Gasteiger partial charge on any atom is -0.496 e. The summed E-state index contributed by atoms with van der Waals surface area (Å²) in [5, 5.41) is 2.91. The predicted octanol–water partition coefficient (Wildman–Crippen LogP) is 1.56. The molecule has 146 valence electrons. The number of hydrogen-bond donors (Lipinski definition) is 1. The maximum Gasteiger partial charge on any atom is 0.243 e. The van der Waals surface area contributed by atoms with Gasteiger partial charge in [0.25, 0.3) is 0 Å². The molecular formula is C18H28N2O5S. The van der Waals surface area contributed by atoms with Crippen molar-refractivity contribution in [3.05, 3.63) is 23.8 Å². The van der Waals surface area contributed by atoms with Gasteiger partial charge in [-0.05, 0) is 50.5 Å². The molecule has 0 spiro atoms. The molecule has 0 bridgehead atoms. The molecule has 0 unspecified atom stereocenters. The maximum atomic E-state index is 12.8. The molecule has 26 heavy (non-hydrogen) atoms. The average Bonchev–Trinajstić information content (AvgIpc) is 2.61. The SMILES string of the molecule is COC[C@@H](C)NC(=O)C1CCN(S(=O)(=O)c2ccc(OC)c(C)c2)CC1. The minimum absolute atomic E-state index is 0.0353. The second-order valence-electron chi connectivity index (χ2n) is 6.67. The van der Waals surface area contributed by atoms with Gasteiger partial charge in [-0.3, -0.25) is 4.79 Å². The van der Waals surface area contributed by atoms with E-state index in [2.05, 4.69) is 5.32 Å². The summed E-state index contributed by atoms with van der Waals surface area (Å²) in [6.07, 6.45) is 1.03. The summed E-state index contributed by atoms with van der Waals surface area (Å²) in [7, 11) is -0.419. The lowest BCUT2D eigenvalue weighted by atomic mass is 9.97. The highest BCUT2D eigenvalue weighted by molar-refractivity contribution is 7.89. The summed E-state index contributed by atoms with van der Waals surface area (Å²) in [4.78, 5) is 12.5. The largest absolute Gasteiger partial charge is 0.496 e. The number of rotatable bonds is 7. The number of carbonyl (C=O) groups is 1. The van der Waals surface area contributed by atoms with Gasteiger partial charge in [0, 0.05) is 32.2 Å². The van der Waals surface area contributed by atoms with E-state index in [1.807, 2.05) is 13.8 Å². The van der Waals surface area contributed by atoms with Gasteiger partial charge < -0.3 is 14.8 Å². The molecule has 0 aliphatic carbocycles. The summed E-state index contributed by atoms with van der Waals surface area (Å²) in [6.45, 7) is 4.83. The molecule has 7 nitrogen and oxygen atoms in total. The van der Waals surface area contributed by atoms with Crippen LogP contribution in [-0.2, 0) is 19.6 Å². The van der Waals surface area contributed by atoms with Crippen molar-refractivity contribution in [3.8, 4) is 5.75 Å². The zero-order chi connectivity index (χ0) is 19.3. The Kier molecular flexibility index (Phi) is 7.02. The van der Waals surface area contributed by atoms with E-state index >= 15 is 0 Å². The van der Waals surface area contributed by atoms with Gasteiger partial charge in [0.15, 0.2) is 0 Å². The second-order valence-corrected chi connectivity index (χ2v) is 8.61. The number of sulfonamides is 1. The van der Waals surface area contributed by atoms with Crippen LogP contribution < -0.4 is 10.1 Å². The van der Waals surface area contributed by atoms with Gasteiger partial charge >= 0.3 is 0 Å². The van der Waals surface area contributed by atoms with Crippen molar-refractivity contribution >= 4 is 15.9 Å². The standard InChI is InChI=1S/C18H28N2O5S/c1-13-11-16(5-6-17(13)25-4)26(22,23)20-9-7-15(8-10-20)18(21)19-14(2)12-24-3/h5-6,11,14-15H,7-10,12H2,1-4H3,(H,19,21)/t14-/m1/s1. The highest BCUT2D eigenvalue weighted by Gasteiger charge is 2.32. The summed E-state index contributed by atoms with van der Waals surface area (Å²) in [6, 6.07) is 4.79. The molecule has 1 aliphatic rings. The van der Waals surface area contributed by atoms with Crippen molar-refractivity contribution in [2.24, 2.45) is 5.92 Å². The minimum atomic E-state index is -3.56. The Bertz CT molecular complexity index is 727. The number of nitrogens with zero attached hydrogens (tertiary/aromatic N) is 1. The van der Waals surface area contributed by atoms with E-state index in [4.69, 9.17) is 9.47 Å². The molecule has 0 saturated carbocycles. The average molecular weight is 384 g/mol.